The number of carbonyl (C=O) groups excluding carboxylic acids is 1. The number of amides is 1. The highest BCUT2D eigenvalue weighted by Gasteiger charge is 2.20. The van der Waals surface area contributed by atoms with Crippen LogP contribution in [-0.4, -0.2) is 17.6 Å². The molecule has 0 saturated heterocycles. The maximum absolute atomic E-state index is 11.6. The van der Waals surface area contributed by atoms with Gasteiger partial charge in [-0.25, -0.2) is 0 Å². The fourth-order valence-corrected chi connectivity index (χ4v) is 1.87. The molecule has 1 heterocycles. The number of hydrogen-bond donors (Lipinski definition) is 2. The van der Waals surface area contributed by atoms with E-state index < -0.39 is 0 Å². The molecule has 4 heteroatoms. The lowest BCUT2D eigenvalue weighted by atomic mass is 9.96. The van der Waals surface area contributed by atoms with Crippen LogP contribution in [0.15, 0.2) is 11.4 Å². The lowest BCUT2D eigenvalue weighted by Gasteiger charge is -2.16. The van der Waals surface area contributed by atoms with Gasteiger partial charge in [-0.3, -0.25) is 4.79 Å². The topological polar surface area (TPSA) is 49.3 Å². The van der Waals surface area contributed by atoms with Gasteiger partial charge in [0, 0.05) is 21.2 Å². The Balaban J connectivity index is 2.53. The Kier molecular flexibility index (Phi) is 4.73. The molecule has 1 aromatic rings. The molecule has 0 bridgehead atoms. The molecule has 92 valence electrons. The first-order valence-electron chi connectivity index (χ1n) is 5.39. The van der Waals surface area contributed by atoms with Crippen molar-refractivity contribution in [3.63, 3.8) is 0 Å². The van der Waals surface area contributed by atoms with Crippen LogP contribution in [0.25, 0.3) is 0 Å². The summed E-state index contributed by atoms with van der Waals surface area (Å²) in [6.07, 6.45) is 0. The third-order valence-electron chi connectivity index (χ3n) is 2.07. The molecule has 0 spiro atoms. The Bertz CT molecular complexity index is 446. The van der Waals surface area contributed by atoms with Crippen molar-refractivity contribution in [2.45, 2.75) is 27.3 Å². The number of aliphatic hydroxyl groups is 1. The van der Waals surface area contributed by atoms with Gasteiger partial charge in [0.25, 0.3) is 0 Å². The third kappa shape index (κ3) is 4.59. The molecule has 0 aliphatic rings. The Labute approximate surface area is 106 Å². The summed E-state index contributed by atoms with van der Waals surface area (Å²) in [4.78, 5) is 12.7. The van der Waals surface area contributed by atoms with E-state index in [-0.39, 0.29) is 17.9 Å². The minimum absolute atomic E-state index is 0.0360. The zero-order valence-electron chi connectivity index (χ0n) is 10.3. The van der Waals surface area contributed by atoms with E-state index in [2.05, 4.69) is 17.2 Å². The highest BCUT2D eigenvalue weighted by atomic mass is 32.1. The van der Waals surface area contributed by atoms with Gasteiger partial charge in [-0.2, -0.15) is 0 Å². The second-order valence-corrected chi connectivity index (χ2v) is 5.69. The molecule has 1 aromatic heterocycles. The average molecular weight is 251 g/mol. The van der Waals surface area contributed by atoms with Crippen LogP contribution in [0.3, 0.4) is 0 Å². The number of rotatable bonds is 2. The lowest BCUT2D eigenvalue weighted by Crippen LogP contribution is -2.34. The summed E-state index contributed by atoms with van der Waals surface area (Å²) in [5, 5.41) is 13.4. The van der Waals surface area contributed by atoms with Crippen molar-refractivity contribution in [3.8, 4) is 11.8 Å². The molecule has 17 heavy (non-hydrogen) atoms. The number of hydrogen-bond acceptors (Lipinski definition) is 3. The van der Waals surface area contributed by atoms with Crippen LogP contribution < -0.4 is 5.32 Å². The Morgan fingerprint density at radius 2 is 2.24 bits per heavy atom. The van der Waals surface area contributed by atoms with E-state index in [1.807, 2.05) is 32.2 Å². The van der Waals surface area contributed by atoms with Crippen LogP contribution >= 0.6 is 11.3 Å². The molecule has 0 saturated carbocycles. The lowest BCUT2D eigenvalue weighted by molar-refractivity contribution is -0.128. The van der Waals surface area contributed by atoms with Crippen LogP contribution in [0.1, 0.15) is 31.2 Å². The second-order valence-electron chi connectivity index (χ2n) is 4.69. The predicted octanol–water partition coefficient (Wildman–Crippen LogP) is 1.75. The summed E-state index contributed by atoms with van der Waals surface area (Å²) in [5.41, 5.74) is 0.514. The number of carbonyl (C=O) groups is 1. The van der Waals surface area contributed by atoms with Crippen molar-refractivity contribution in [3.05, 3.63) is 21.9 Å². The van der Waals surface area contributed by atoms with E-state index in [9.17, 15) is 4.79 Å². The first-order chi connectivity index (χ1) is 7.93. The first-order valence-corrected chi connectivity index (χ1v) is 6.27. The van der Waals surface area contributed by atoms with Crippen LogP contribution in [0.2, 0.25) is 0 Å². The minimum Gasteiger partial charge on any atom is -0.384 e. The largest absolute Gasteiger partial charge is 0.384 e. The molecule has 0 unspecified atom stereocenters. The van der Waals surface area contributed by atoms with Gasteiger partial charge in [0.05, 0.1) is 6.54 Å². The number of thiophene rings is 1. The fourth-order valence-electron chi connectivity index (χ4n) is 1.11. The first kappa shape index (κ1) is 13.8. The number of aliphatic hydroxyl groups excluding tert-OH is 1. The molecule has 0 aliphatic carbocycles. The van der Waals surface area contributed by atoms with Crippen molar-refractivity contribution in [1.82, 2.24) is 5.32 Å². The fraction of sp³-hybridized carbons (Fsp3) is 0.462. The molecule has 1 amide bonds. The summed E-state index contributed by atoms with van der Waals surface area (Å²) in [6, 6.07) is 1.93. The van der Waals surface area contributed by atoms with Gasteiger partial charge < -0.3 is 10.4 Å². The van der Waals surface area contributed by atoms with E-state index in [0.29, 0.717) is 6.54 Å². The molecular formula is C13H17NO2S. The highest BCUT2D eigenvalue weighted by molar-refractivity contribution is 7.10. The van der Waals surface area contributed by atoms with E-state index in [1.165, 1.54) is 0 Å². The van der Waals surface area contributed by atoms with Gasteiger partial charge in [-0.1, -0.05) is 32.6 Å². The van der Waals surface area contributed by atoms with E-state index in [1.54, 1.807) is 11.3 Å². The van der Waals surface area contributed by atoms with Crippen LogP contribution in [0, 0.1) is 17.3 Å². The molecule has 0 atom stereocenters. The molecule has 0 aliphatic heterocycles. The van der Waals surface area contributed by atoms with Crippen molar-refractivity contribution >= 4 is 17.2 Å². The quantitative estimate of drug-likeness (QED) is 0.787. The maximum Gasteiger partial charge on any atom is 0.225 e. The molecule has 3 nitrogen and oxygen atoms in total. The SMILES string of the molecule is CC(C)(C)C(=O)NCc1cc(C#CCO)cs1. The zero-order chi connectivity index (χ0) is 12.9. The molecule has 0 radical (unpaired) electrons. The standard InChI is InChI=1S/C13H17NO2S/c1-13(2,3)12(16)14-8-11-7-10(9-17-11)5-4-6-15/h7,9,15H,6,8H2,1-3H3,(H,14,16). The van der Waals surface area contributed by atoms with E-state index in [4.69, 9.17) is 5.11 Å². The van der Waals surface area contributed by atoms with E-state index in [0.717, 1.165) is 10.4 Å². The van der Waals surface area contributed by atoms with Crippen molar-refractivity contribution < 1.29 is 9.90 Å². The van der Waals surface area contributed by atoms with E-state index >= 15 is 0 Å². The monoisotopic (exact) mass is 251 g/mol. The second kappa shape index (κ2) is 5.85. The highest BCUT2D eigenvalue weighted by Crippen LogP contribution is 2.16. The smallest absolute Gasteiger partial charge is 0.225 e. The molecule has 2 N–H and O–H groups in total. The predicted molar refractivity (Wildman–Crippen MR) is 69.6 cm³/mol. The van der Waals surface area contributed by atoms with Gasteiger partial charge in [0.15, 0.2) is 0 Å². The summed E-state index contributed by atoms with van der Waals surface area (Å²) >= 11 is 1.55. The molecular weight excluding hydrogens is 234 g/mol. The molecule has 1 rings (SSSR count). The van der Waals surface area contributed by atoms with Crippen molar-refractivity contribution in [1.29, 1.82) is 0 Å². The van der Waals surface area contributed by atoms with Crippen molar-refractivity contribution in [2.24, 2.45) is 5.41 Å². The summed E-state index contributed by atoms with van der Waals surface area (Å²) in [6.45, 7) is 6.05. The molecule has 0 fully saturated rings. The third-order valence-corrected chi connectivity index (χ3v) is 3.01. The van der Waals surface area contributed by atoms with Gasteiger partial charge in [-0.05, 0) is 6.07 Å². The summed E-state index contributed by atoms with van der Waals surface area (Å²) < 4.78 is 0. The van der Waals surface area contributed by atoms with Gasteiger partial charge in [0.1, 0.15) is 6.61 Å². The van der Waals surface area contributed by atoms with Crippen LogP contribution in [0.5, 0.6) is 0 Å². The Morgan fingerprint density at radius 3 is 2.82 bits per heavy atom. The average Bonchev–Trinajstić information content (AvgIpc) is 2.69. The van der Waals surface area contributed by atoms with Crippen LogP contribution in [0.4, 0.5) is 0 Å². The van der Waals surface area contributed by atoms with Crippen LogP contribution in [-0.2, 0) is 11.3 Å². The molecule has 0 aromatic carbocycles. The van der Waals surface area contributed by atoms with Gasteiger partial charge >= 0.3 is 0 Å². The Hall–Kier alpha value is -1.31. The van der Waals surface area contributed by atoms with Crippen molar-refractivity contribution in [2.75, 3.05) is 6.61 Å². The maximum atomic E-state index is 11.6. The minimum atomic E-state index is -0.364. The normalized spacial score (nSPS) is 10.6. The summed E-state index contributed by atoms with van der Waals surface area (Å²) in [7, 11) is 0. The zero-order valence-corrected chi connectivity index (χ0v) is 11.1. The van der Waals surface area contributed by atoms with Gasteiger partial charge in [-0.15, -0.1) is 11.3 Å². The number of nitrogens with one attached hydrogen (secondary N) is 1. The van der Waals surface area contributed by atoms with Gasteiger partial charge in [0.2, 0.25) is 5.91 Å². The summed E-state index contributed by atoms with van der Waals surface area (Å²) in [5.74, 6) is 5.46. The Morgan fingerprint density at radius 1 is 1.53 bits per heavy atom.